The Hall–Kier alpha value is -1.79. The third-order valence-electron chi connectivity index (χ3n) is 5.09. The molecule has 1 saturated heterocycles. The van der Waals surface area contributed by atoms with Crippen molar-refractivity contribution in [2.75, 3.05) is 39.3 Å². The van der Waals surface area contributed by atoms with E-state index in [-0.39, 0.29) is 6.10 Å². The highest BCUT2D eigenvalue weighted by Gasteiger charge is 2.20. The van der Waals surface area contributed by atoms with Gasteiger partial charge in [-0.3, -0.25) is 0 Å². The number of likely N-dealkylation sites (tertiary alicyclic amines) is 1. The topological polar surface area (TPSA) is 58.1 Å². The largest absolute Gasteiger partial charge is 0.489 e. The molecule has 2 rings (SSSR count). The van der Waals surface area contributed by atoms with Crippen LogP contribution >= 0.6 is 0 Å². The number of nitrogens with zero attached hydrogens (tertiary/aromatic N) is 2. The second kappa shape index (κ2) is 13.4. The van der Waals surface area contributed by atoms with Crippen LogP contribution in [0.4, 0.5) is 0 Å². The van der Waals surface area contributed by atoms with Gasteiger partial charge in [0.15, 0.2) is 5.96 Å². The zero-order valence-electron chi connectivity index (χ0n) is 18.7. The van der Waals surface area contributed by atoms with Gasteiger partial charge < -0.3 is 25.0 Å². The van der Waals surface area contributed by atoms with Gasteiger partial charge in [-0.05, 0) is 52.2 Å². The number of benzene rings is 1. The summed E-state index contributed by atoms with van der Waals surface area (Å²) in [5.74, 6) is 1.80. The summed E-state index contributed by atoms with van der Waals surface area (Å²) in [7, 11) is 0. The van der Waals surface area contributed by atoms with Crippen molar-refractivity contribution in [1.82, 2.24) is 15.5 Å². The number of nitrogens with one attached hydrogen (secondary N) is 2. The Balaban J connectivity index is 1.78. The normalized spacial score (nSPS) is 17.3. The summed E-state index contributed by atoms with van der Waals surface area (Å²) < 4.78 is 11.7. The van der Waals surface area contributed by atoms with Crippen molar-refractivity contribution in [3.8, 4) is 5.75 Å². The standard InChI is InChI=1S/C23H40N4O2/c1-5-21(29-22-10-8-7-9-11-22)18-25-23(24-6-2)26-20-12-14-27(15-13-20)16-17-28-19(3)4/h7-11,19-21H,5-6,12-18H2,1-4H3,(H2,24,25,26). The molecule has 1 aromatic carbocycles. The molecular formula is C23H40N4O2. The van der Waals surface area contributed by atoms with Gasteiger partial charge in [-0.1, -0.05) is 25.1 Å². The lowest BCUT2D eigenvalue weighted by Gasteiger charge is -2.33. The van der Waals surface area contributed by atoms with Crippen molar-refractivity contribution in [3.05, 3.63) is 30.3 Å². The van der Waals surface area contributed by atoms with Crippen LogP contribution in [0.5, 0.6) is 5.75 Å². The van der Waals surface area contributed by atoms with E-state index in [2.05, 4.69) is 43.2 Å². The fourth-order valence-electron chi connectivity index (χ4n) is 3.37. The quantitative estimate of drug-likeness (QED) is 0.438. The van der Waals surface area contributed by atoms with Crippen molar-refractivity contribution in [3.63, 3.8) is 0 Å². The Bertz CT molecular complexity index is 572. The molecular weight excluding hydrogens is 364 g/mol. The number of hydrogen-bond acceptors (Lipinski definition) is 4. The monoisotopic (exact) mass is 404 g/mol. The third-order valence-corrected chi connectivity index (χ3v) is 5.09. The van der Waals surface area contributed by atoms with Gasteiger partial charge >= 0.3 is 0 Å². The Kier molecular flexibility index (Phi) is 10.9. The van der Waals surface area contributed by atoms with Crippen LogP contribution in [0, 0.1) is 0 Å². The number of hydrogen-bond donors (Lipinski definition) is 2. The molecule has 1 aromatic rings. The Morgan fingerprint density at radius 2 is 1.90 bits per heavy atom. The number of guanidine groups is 1. The molecule has 0 aliphatic carbocycles. The van der Waals surface area contributed by atoms with Crippen molar-refractivity contribution < 1.29 is 9.47 Å². The second-order valence-electron chi connectivity index (χ2n) is 7.86. The minimum Gasteiger partial charge on any atom is -0.489 e. The Morgan fingerprint density at radius 1 is 1.17 bits per heavy atom. The van der Waals surface area contributed by atoms with E-state index >= 15 is 0 Å². The molecule has 0 amide bonds. The number of ether oxygens (including phenoxy) is 2. The molecule has 1 aliphatic rings. The van der Waals surface area contributed by atoms with Crippen LogP contribution in [0.2, 0.25) is 0 Å². The fourth-order valence-corrected chi connectivity index (χ4v) is 3.37. The van der Waals surface area contributed by atoms with Crippen molar-refractivity contribution in [2.45, 2.75) is 65.2 Å². The lowest BCUT2D eigenvalue weighted by Crippen LogP contribution is -2.49. The van der Waals surface area contributed by atoms with Crippen molar-refractivity contribution >= 4 is 5.96 Å². The van der Waals surface area contributed by atoms with Crippen LogP contribution in [0.3, 0.4) is 0 Å². The van der Waals surface area contributed by atoms with Crippen molar-refractivity contribution in [1.29, 1.82) is 0 Å². The van der Waals surface area contributed by atoms with Crippen LogP contribution in [-0.4, -0.2) is 68.4 Å². The van der Waals surface area contributed by atoms with Gasteiger partial charge in [0, 0.05) is 32.2 Å². The summed E-state index contributed by atoms with van der Waals surface area (Å²) in [6, 6.07) is 10.5. The van der Waals surface area contributed by atoms with E-state index in [9.17, 15) is 0 Å². The first-order valence-corrected chi connectivity index (χ1v) is 11.2. The van der Waals surface area contributed by atoms with E-state index in [1.165, 1.54) is 0 Å². The minimum atomic E-state index is 0.0793. The molecule has 0 bridgehead atoms. The predicted octanol–water partition coefficient (Wildman–Crippen LogP) is 3.29. The fraction of sp³-hybridized carbons (Fsp3) is 0.696. The highest BCUT2D eigenvalue weighted by molar-refractivity contribution is 5.80. The van der Waals surface area contributed by atoms with E-state index in [1.807, 2.05) is 30.3 Å². The summed E-state index contributed by atoms with van der Waals surface area (Å²) in [5, 5.41) is 7.00. The van der Waals surface area contributed by atoms with E-state index in [4.69, 9.17) is 14.5 Å². The van der Waals surface area contributed by atoms with Crippen LogP contribution in [0.1, 0.15) is 47.0 Å². The lowest BCUT2D eigenvalue weighted by molar-refractivity contribution is 0.0532. The molecule has 0 spiro atoms. The molecule has 1 atom stereocenters. The molecule has 2 N–H and O–H groups in total. The van der Waals surface area contributed by atoms with E-state index in [1.54, 1.807) is 0 Å². The van der Waals surface area contributed by atoms with Crippen molar-refractivity contribution in [2.24, 2.45) is 4.99 Å². The van der Waals surface area contributed by atoms with E-state index < -0.39 is 0 Å². The predicted molar refractivity (Wildman–Crippen MR) is 121 cm³/mol. The number of piperidine rings is 1. The molecule has 0 aromatic heterocycles. The number of para-hydroxylation sites is 1. The molecule has 1 heterocycles. The van der Waals surface area contributed by atoms with Gasteiger partial charge in [-0.2, -0.15) is 0 Å². The Morgan fingerprint density at radius 3 is 2.52 bits per heavy atom. The second-order valence-corrected chi connectivity index (χ2v) is 7.86. The van der Waals surface area contributed by atoms with Crippen LogP contribution in [-0.2, 0) is 4.74 Å². The van der Waals surface area contributed by atoms with Gasteiger partial charge in [0.05, 0.1) is 19.3 Å². The van der Waals surface area contributed by atoms with Gasteiger partial charge in [0.2, 0.25) is 0 Å². The molecule has 1 fully saturated rings. The van der Waals surface area contributed by atoms with Crippen LogP contribution in [0.25, 0.3) is 0 Å². The summed E-state index contributed by atoms with van der Waals surface area (Å²) >= 11 is 0. The zero-order chi connectivity index (χ0) is 20.9. The average molecular weight is 405 g/mol. The maximum atomic E-state index is 6.07. The molecule has 164 valence electrons. The SMILES string of the molecule is CCNC(=NCC(CC)Oc1ccccc1)NC1CCN(CCOC(C)C)CC1. The summed E-state index contributed by atoms with van der Waals surface area (Å²) in [4.78, 5) is 7.29. The maximum Gasteiger partial charge on any atom is 0.191 e. The summed E-state index contributed by atoms with van der Waals surface area (Å²) in [6.07, 6.45) is 3.57. The smallest absolute Gasteiger partial charge is 0.191 e. The summed E-state index contributed by atoms with van der Waals surface area (Å²) in [6.45, 7) is 14.0. The molecule has 6 heteroatoms. The highest BCUT2D eigenvalue weighted by Crippen LogP contribution is 2.13. The number of rotatable bonds is 11. The van der Waals surface area contributed by atoms with Gasteiger partial charge in [0.25, 0.3) is 0 Å². The minimum absolute atomic E-state index is 0.0793. The lowest BCUT2D eigenvalue weighted by atomic mass is 10.1. The first-order chi connectivity index (χ1) is 14.1. The third kappa shape index (κ3) is 9.50. The average Bonchev–Trinajstić information content (AvgIpc) is 2.73. The van der Waals surface area contributed by atoms with Crippen LogP contribution < -0.4 is 15.4 Å². The summed E-state index contributed by atoms with van der Waals surface area (Å²) in [5.41, 5.74) is 0. The van der Waals surface area contributed by atoms with Crippen LogP contribution in [0.15, 0.2) is 35.3 Å². The Labute approximate surface area is 177 Å². The van der Waals surface area contributed by atoms with E-state index in [0.717, 1.165) is 63.8 Å². The molecule has 29 heavy (non-hydrogen) atoms. The van der Waals surface area contributed by atoms with Gasteiger partial charge in [0.1, 0.15) is 11.9 Å². The first-order valence-electron chi connectivity index (χ1n) is 11.2. The molecule has 0 radical (unpaired) electrons. The van der Waals surface area contributed by atoms with Gasteiger partial charge in [-0.15, -0.1) is 0 Å². The molecule has 1 aliphatic heterocycles. The molecule has 6 nitrogen and oxygen atoms in total. The van der Waals surface area contributed by atoms with E-state index in [0.29, 0.717) is 18.7 Å². The molecule has 0 saturated carbocycles. The van der Waals surface area contributed by atoms with Gasteiger partial charge in [-0.25, -0.2) is 4.99 Å². The number of aliphatic imine (C=N–C) groups is 1. The highest BCUT2D eigenvalue weighted by atomic mass is 16.5. The zero-order valence-corrected chi connectivity index (χ0v) is 18.7. The first kappa shape index (κ1) is 23.5. The molecule has 1 unspecified atom stereocenters. The maximum absolute atomic E-state index is 6.07.